The Morgan fingerprint density at radius 2 is 1.95 bits per heavy atom. The van der Waals surface area contributed by atoms with Crippen LogP contribution in [0.2, 0.25) is 0 Å². The molecule has 21 heavy (non-hydrogen) atoms. The molecule has 108 valence electrons. The third-order valence-corrected chi connectivity index (χ3v) is 3.00. The number of nitriles is 1. The molecule has 0 aliphatic carbocycles. The first-order valence-corrected chi connectivity index (χ1v) is 7.04. The molecule has 0 saturated heterocycles. The van der Waals surface area contributed by atoms with E-state index < -0.39 is 0 Å². The van der Waals surface area contributed by atoms with Crippen LogP contribution in [0.5, 0.6) is 11.6 Å². The maximum Gasteiger partial charge on any atom is 0.227 e. The van der Waals surface area contributed by atoms with E-state index in [1.54, 1.807) is 24.3 Å². The highest BCUT2D eigenvalue weighted by Gasteiger charge is 2.11. The maximum atomic E-state index is 8.80. The third kappa shape index (κ3) is 3.69. The lowest BCUT2D eigenvalue weighted by atomic mass is 10.2. The minimum atomic E-state index is 0.552. The highest BCUT2D eigenvalue weighted by atomic mass is 16.5. The molecule has 1 aromatic heterocycles. The number of anilines is 1. The van der Waals surface area contributed by atoms with Crippen LogP contribution in [0.25, 0.3) is 0 Å². The largest absolute Gasteiger partial charge is 0.439 e. The summed E-state index contributed by atoms with van der Waals surface area (Å²) in [7, 11) is 0. The molecule has 1 heterocycles. The van der Waals surface area contributed by atoms with Gasteiger partial charge < -0.3 is 10.1 Å². The van der Waals surface area contributed by atoms with Gasteiger partial charge in [-0.2, -0.15) is 5.26 Å². The average Bonchev–Trinajstić information content (AvgIpc) is 2.53. The second-order valence-electron chi connectivity index (χ2n) is 4.52. The van der Waals surface area contributed by atoms with Crippen molar-refractivity contribution in [1.29, 1.82) is 5.26 Å². The number of rotatable bonds is 6. The molecular weight excluding hydrogens is 264 g/mol. The van der Waals surface area contributed by atoms with Crippen LogP contribution in [0.1, 0.15) is 31.4 Å². The number of benzene rings is 1. The molecule has 0 fully saturated rings. The molecule has 0 atom stereocenters. The molecule has 5 heteroatoms. The number of nitrogens with zero attached hydrogens (tertiary/aromatic N) is 3. The van der Waals surface area contributed by atoms with Crippen LogP contribution in [-0.2, 0) is 6.42 Å². The molecule has 0 spiro atoms. The van der Waals surface area contributed by atoms with Crippen molar-refractivity contribution in [3.05, 3.63) is 41.7 Å². The molecular formula is C16H18N4O. The molecule has 0 unspecified atom stereocenters. The van der Waals surface area contributed by atoms with Crippen molar-refractivity contribution in [2.75, 3.05) is 11.9 Å². The fourth-order valence-electron chi connectivity index (χ4n) is 1.91. The van der Waals surface area contributed by atoms with Gasteiger partial charge in [-0.25, -0.2) is 9.97 Å². The van der Waals surface area contributed by atoms with E-state index in [2.05, 4.69) is 28.3 Å². The number of hydrogen-bond donors (Lipinski definition) is 1. The summed E-state index contributed by atoms with van der Waals surface area (Å²) in [6, 6.07) is 9.05. The van der Waals surface area contributed by atoms with Gasteiger partial charge >= 0.3 is 0 Å². The van der Waals surface area contributed by atoms with Gasteiger partial charge in [0.15, 0.2) is 0 Å². The quantitative estimate of drug-likeness (QED) is 0.877. The standard InChI is InChI=1S/C16H18N4O/c1-3-9-18-15-14(4-2)16(20-11-19-15)21-13-7-5-12(10-17)6-8-13/h5-8,11H,3-4,9H2,1-2H3,(H,18,19,20). The molecule has 5 nitrogen and oxygen atoms in total. The van der Waals surface area contributed by atoms with Crippen molar-refractivity contribution in [3.8, 4) is 17.7 Å². The summed E-state index contributed by atoms with van der Waals surface area (Å²) in [5.41, 5.74) is 1.56. The Balaban J connectivity index is 2.24. The van der Waals surface area contributed by atoms with Crippen molar-refractivity contribution < 1.29 is 4.74 Å². The van der Waals surface area contributed by atoms with Crippen LogP contribution in [0.3, 0.4) is 0 Å². The van der Waals surface area contributed by atoms with E-state index in [-0.39, 0.29) is 0 Å². The summed E-state index contributed by atoms with van der Waals surface area (Å²) in [6.07, 6.45) is 3.30. The fraction of sp³-hybridized carbons (Fsp3) is 0.312. The van der Waals surface area contributed by atoms with Crippen LogP contribution in [0.4, 0.5) is 5.82 Å². The molecule has 0 amide bonds. The van der Waals surface area contributed by atoms with Crippen LogP contribution in [0, 0.1) is 11.3 Å². The smallest absolute Gasteiger partial charge is 0.227 e. The summed E-state index contributed by atoms with van der Waals surface area (Å²) in [5.74, 6) is 2.03. The number of hydrogen-bond acceptors (Lipinski definition) is 5. The monoisotopic (exact) mass is 282 g/mol. The normalized spacial score (nSPS) is 9.95. The molecule has 1 N–H and O–H groups in total. The van der Waals surface area contributed by atoms with E-state index in [1.165, 1.54) is 6.33 Å². The van der Waals surface area contributed by atoms with Crippen LogP contribution in [-0.4, -0.2) is 16.5 Å². The highest BCUT2D eigenvalue weighted by molar-refractivity contribution is 5.50. The molecule has 2 aromatic rings. The molecule has 0 aliphatic heterocycles. The Kier molecular flexibility index (Phi) is 5.10. The lowest BCUT2D eigenvalue weighted by Gasteiger charge is -2.13. The van der Waals surface area contributed by atoms with E-state index in [1.807, 2.05) is 6.92 Å². The Morgan fingerprint density at radius 1 is 1.19 bits per heavy atom. The Bertz CT molecular complexity index is 632. The number of ether oxygens (including phenoxy) is 1. The Morgan fingerprint density at radius 3 is 2.57 bits per heavy atom. The fourth-order valence-corrected chi connectivity index (χ4v) is 1.91. The van der Waals surface area contributed by atoms with E-state index in [0.717, 1.165) is 30.8 Å². The van der Waals surface area contributed by atoms with Crippen molar-refractivity contribution in [2.45, 2.75) is 26.7 Å². The zero-order valence-electron chi connectivity index (χ0n) is 12.3. The van der Waals surface area contributed by atoms with E-state index in [0.29, 0.717) is 17.2 Å². The third-order valence-electron chi connectivity index (χ3n) is 3.00. The number of nitrogens with one attached hydrogen (secondary N) is 1. The van der Waals surface area contributed by atoms with Crippen molar-refractivity contribution in [2.24, 2.45) is 0 Å². The van der Waals surface area contributed by atoms with E-state index >= 15 is 0 Å². The van der Waals surface area contributed by atoms with Crippen LogP contribution < -0.4 is 10.1 Å². The molecule has 0 radical (unpaired) electrons. The van der Waals surface area contributed by atoms with Crippen molar-refractivity contribution in [1.82, 2.24) is 9.97 Å². The van der Waals surface area contributed by atoms with Gasteiger partial charge in [-0.1, -0.05) is 13.8 Å². The predicted octanol–water partition coefficient (Wildman–Crippen LogP) is 3.52. The zero-order valence-corrected chi connectivity index (χ0v) is 12.3. The van der Waals surface area contributed by atoms with Gasteiger partial charge in [0, 0.05) is 6.54 Å². The van der Waals surface area contributed by atoms with Gasteiger partial charge in [-0.05, 0) is 37.1 Å². The molecule has 0 saturated carbocycles. The first-order valence-electron chi connectivity index (χ1n) is 7.04. The zero-order chi connectivity index (χ0) is 15.1. The minimum absolute atomic E-state index is 0.552. The summed E-state index contributed by atoms with van der Waals surface area (Å²) in [5, 5.41) is 12.1. The Hall–Kier alpha value is -2.61. The molecule has 2 rings (SSSR count). The maximum absolute atomic E-state index is 8.80. The second-order valence-corrected chi connectivity index (χ2v) is 4.52. The van der Waals surface area contributed by atoms with Crippen LogP contribution >= 0.6 is 0 Å². The van der Waals surface area contributed by atoms with Gasteiger partial charge in [0.2, 0.25) is 5.88 Å². The summed E-state index contributed by atoms with van der Waals surface area (Å²) in [4.78, 5) is 8.49. The van der Waals surface area contributed by atoms with Gasteiger partial charge in [0.1, 0.15) is 17.9 Å². The number of aromatic nitrogens is 2. The second kappa shape index (κ2) is 7.25. The van der Waals surface area contributed by atoms with Crippen LogP contribution in [0.15, 0.2) is 30.6 Å². The molecule has 0 aliphatic rings. The van der Waals surface area contributed by atoms with Gasteiger partial charge in [-0.15, -0.1) is 0 Å². The van der Waals surface area contributed by atoms with E-state index in [9.17, 15) is 0 Å². The lowest BCUT2D eigenvalue weighted by Crippen LogP contribution is -2.07. The summed E-state index contributed by atoms with van der Waals surface area (Å²) < 4.78 is 5.82. The first kappa shape index (κ1) is 14.8. The summed E-state index contributed by atoms with van der Waals surface area (Å²) in [6.45, 7) is 5.01. The minimum Gasteiger partial charge on any atom is -0.439 e. The first-order chi connectivity index (χ1) is 10.3. The summed E-state index contributed by atoms with van der Waals surface area (Å²) >= 11 is 0. The van der Waals surface area contributed by atoms with Gasteiger partial charge in [-0.3, -0.25) is 0 Å². The van der Waals surface area contributed by atoms with Gasteiger partial charge in [0.25, 0.3) is 0 Å². The van der Waals surface area contributed by atoms with Gasteiger partial charge in [0.05, 0.1) is 17.2 Å². The predicted molar refractivity (Wildman–Crippen MR) is 81.4 cm³/mol. The average molecular weight is 282 g/mol. The SMILES string of the molecule is CCCNc1ncnc(Oc2ccc(C#N)cc2)c1CC. The highest BCUT2D eigenvalue weighted by Crippen LogP contribution is 2.27. The van der Waals surface area contributed by atoms with Crippen molar-refractivity contribution in [3.63, 3.8) is 0 Å². The van der Waals surface area contributed by atoms with E-state index in [4.69, 9.17) is 10.00 Å². The molecule has 0 bridgehead atoms. The van der Waals surface area contributed by atoms with Crippen molar-refractivity contribution >= 4 is 5.82 Å². The lowest BCUT2D eigenvalue weighted by molar-refractivity contribution is 0.455. The topological polar surface area (TPSA) is 70.8 Å². The molecule has 1 aromatic carbocycles. The Labute approximate surface area is 124 Å².